The smallest absolute Gasteiger partial charge is 0.375 e. The van der Waals surface area contributed by atoms with Crippen molar-refractivity contribution in [3.63, 3.8) is 0 Å². The van der Waals surface area contributed by atoms with Crippen molar-refractivity contribution in [2.24, 2.45) is 0 Å². The average molecular weight is 1040 g/mol. The Bertz CT molecular complexity index is 4060. The van der Waals surface area contributed by atoms with Crippen LogP contribution in [0.1, 0.15) is 158 Å². The van der Waals surface area contributed by atoms with Crippen LogP contribution in [0.5, 0.6) is 0 Å². The summed E-state index contributed by atoms with van der Waals surface area (Å²) in [6, 6.07) is 60.7. The summed E-state index contributed by atoms with van der Waals surface area (Å²) in [5.41, 5.74) is 24.5. The van der Waals surface area contributed by atoms with Crippen LogP contribution in [0.25, 0.3) is 55.0 Å². The molecule has 5 heteroatoms. The zero-order valence-corrected chi connectivity index (χ0v) is 50.3. The molecule has 0 saturated heterocycles. The van der Waals surface area contributed by atoms with E-state index in [1.165, 1.54) is 88.6 Å². The average Bonchev–Trinajstić information content (AvgIpc) is 2.55. The first-order chi connectivity index (χ1) is 37.0. The maximum Gasteiger partial charge on any atom is 0.375 e. The molecule has 79 heavy (non-hydrogen) atoms. The fourth-order valence-corrected chi connectivity index (χ4v) is 12.6. The molecule has 0 N–H and O–H groups in total. The summed E-state index contributed by atoms with van der Waals surface area (Å²) in [4.78, 5) is 5.13. The number of furan rings is 1. The third-order valence-corrected chi connectivity index (χ3v) is 17.2. The second-order valence-corrected chi connectivity index (χ2v) is 29.2. The van der Waals surface area contributed by atoms with Crippen LogP contribution >= 0.6 is 0 Å². The van der Waals surface area contributed by atoms with Gasteiger partial charge in [0.2, 0.25) is 0 Å². The molecule has 0 bridgehead atoms. The van der Waals surface area contributed by atoms with E-state index in [0.29, 0.717) is 0 Å². The van der Waals surface area contributed by atoms with E-state index in [9.17, 15) is 0 Å². The van der Waals surface area contributed by atoms with Crippen LogP contribution in [0.3, 0.4) is 0 Å². The Morgan fingerprint density at radius 1 is 0.430 bits per heavy atom. The fourth-order valence-electron chi connectivity index (χ4n) is 12.6. The van der Waals surface area contributed by atoms with Gasteiger partial charge in [0.1, 0.15) is 11.2 Å². The number of fused-ring (bicyclic) bond motifs is 9. The summed E-state index contributed by atoms with van der Waals surface area (Å²) >= 11 is 0. The predicted molar refractivity (Wildman–Crippen MR) is 342 cm³/mol. The van der Waals surface area contributed by atoms with Crippen LogP contribution < -0.4 is 20.9 Å². The molecular formula is C74H80BN3O. The number of aromatic nitrogens is 1. The molecule has 4 heterocycles. The Morgan fingerprint density at radius 3 is 1.57 bits per heavy atom. The van der Waals surface area contributed by atoms with E-state index in [1.54, 1.807) is 0 Å². The van der Waals surface area contributed by atoms with Gasteiger partial charge >= 0.3 is 6.85 Å². The van der Waals surface area contributed by atoms with E-state index in [2.05, 4.69) is 297 Å². The van der Waals surface area contributed by atoms with Gasteiger partial charge in [-0.25, -0.2) is 0 Å². The van der Waals surface area contributed by atoms with Gasteiger partial charge in [-0.15, -0.1) is 0 Å². The molecule has 8 aromatic carbocycles. The molecular weight excluding hydrogens is 958 g/mol. The molecule has 12 rings (SSSR count). The number of hydrogen-bond donors (Lipinski definition) is 0. The first-order valence-corrected chi connectivity index (χ1v) is 28.9. The number of rotatable bonds is 5. The zero-order chi connectivity index (χ0) is 56.3. The molecule has 0 fully saturated rings. The van der Waals surface area contributed by atoms with Crippen molar-refractivity contribution < 1.29 is 4.42 Å². The molecule has 10 aromatic rings. The number of hydrogen-bond acceptors (Lipinski definition) is 3. The molecule has 0 aliphatic carbocycles. The van der Waals surface area contributed by atoms with E-state index in [4.69, 9.17) is 4.42 Å². The lowest BCUT2D eigenvalue weighted by Crippen LogP contribution is -2.56. The maximum absolute atomic E-state index is 7.88. The summed E-state index contributed by atoms with van der Waals surface area (Å²) in [5, 5.41) is 3.63. The normalized spacial score (nSPS) is 13.9. The van der Waals surface area contributed by atoms with Gasteiger partial charge in [0.15, 0.2) is 0 Å². The summed E-state index contributed by atoms with van der Waals surface area (Å²) in [6.07, 6.45) is 0. The highest BCUT2D eigenvalue weighted by atomic mass is 16.3. The summed E-state index contributed by atoms with van der Waals surface area (Å²) < 4.78 is 10.6. The van der Waals surface area contributed by atoms with Crippen molar-refractivity contribution in [2.45, 2.75) is 157 Å². The number of nitrogens with zero attached hydrogens (tertiary/aromatic N) is 3. The maximum atomic E-state index is 7.88. The first-order valence-electron chi connectivity index (χ1n) is 28.9. The van der Waals surface area contributed by atoms with Gasteiger partial charge in [0.25, 0.3) is 0 Å². The summed E-state index contributed by atoms with van der Waals surface area (Å²) in [5.74, 6) is 0. The van der Waals surface area contributed by atoms with Crippen molar-refractivity contribution in [1.82, 2.24) is 4.48 Å². The number of anilines is 6. The van der Waals surface area contributed by atoms with Crippen molar-refractivity contribution in [2.75, 3.05) is 9.80 Å². The van der Waals surface area contributed by atoms with Gasteiger partial charge < -0.3 is 18.7 Å². The zero-order valence-electron chi connectivity index (χ0n) is 50.3. The minimum absolute atomic E-state index is 0.00108. The quantitative estimate of drug-likeness (QED) is 0.161. The molecule has 4 nitrogen and oxygen atoms in total. The standard InChI is InChI=1S/C74H80BN3O/c1-69(2,3)46-29-33-52(34-30-46)77-62-44-50(73(13,14)15)41-55-53-35-38-61(76(51-27-23-20-24-28-51)59-36-31-47(70(4,5)6)39-54(59)45-25-21-19-22-26-45)63-56-40-48(71(7,8)9)32-37-60(56)78(65(53)63)75(64(55)62)68-66(77)57-42-49(72(10,11)12)43-58(67(57)79-68)74(16,17)18/h19-44H,1-18H3. The van der Waals surface area contributed by atoms with Crippen molar-refractivity contribution in [3.05, 3.63) is 191 Å². The topological polar surface area (TPSA) is 24.6 Å². The highest BCUT2D eigenvalue weighted by Crippen LogP contribution is 2.54. The van der Waals surface area contributed by atoms with Crippen LogP contribution in [-0.4, -0.2) is 11.3 Å². The van der Waals surface area contributed by atoms with Crippen LogP contribution in [0.2, 0.25) is 0 Å². The van der Waals surface area contributed by atoms with Crippen molar-refractivity contribution >= 4 is 84.9 Å². The molecule has 2 aliphatic rings. The van der Waals surface area contributed by atoms with Gasteiger partial charge in [0, 0.05) is 60.9 Å². The molecule has 400 valence electrons. The Balaban J connectivity index is 1.27. The van der Waals surface area contributed by atoms with E-state index >= 15 is 0 Å². The minimum atomic E-state index is -0.295. The lowest BCUT2D eigenvalue weighted by atomic mass is 9.47. The van der Waals surface area contributed by atoms with Crippen LogP contribution in [-0.2, 0) is 32.5 Å². The molecule has 0 amide bonds. The van der Waals surface area contributed by atoms with Crippen LogP contribution in [0.4, 0.5) is 34.1 Å². The van der Waals surface area contributed by atoms with E-state index in [1.807, 2.05) is 0 Å². The molecule has 0 spiro atoms. The monoisotopic (exact) mass is 1040 g/mol. The van der Waals surface area contributed by atoms with Crippen LogP contribution in [0, 0.1) is 0 Å². The molecule has 0 saturated carbocycles. The molecule has 0 radical (unpaired) electrons. The van der Waals surface area contributed by atoms with Gasteiger partial charge in [-0.2, -0.15) is 0 Å². The minimum Gasteiger partial charge on any atom is -0.466 e. The third-order valence-electron chi connectivity index (χ3n) is 17.2. The predicted octanol–water partition coefficient (Wildman–Crippen LogP) is 19.9. The highest BCUT2D eigenvalue weighted by molar-refractivity contribution is 6.89. The molecule has 2 aliphatic heterocycles. The van der Waals surface area contributed by atoms with Crippen molar-refractivity contribution in [1.29, 1.82) is 0 Å². The summed E-state index contributed by atoms with van der Waals surface area (Å²) in [7, 11) is 0. The van der Waals surface area contributed by atoms with Crippen LogP contribution in [0.15, 0.2) is 162 Å². The number of para-hydroxylation sites is 1. The largest absolute Gasteiger partial charge is 0.466 e. The Hall–Kier alpha value is -7.24. The van der Waals surface area contributed by atoms with Gasteiger partial charge in [-0.05, 0) is 144 Å². The first kappa shape index (κ1) is 52.5. The van der Waals surface area contributed by atoms with Crippen molar-refractivity contribution in [3.8, 4) is 22.3 Å². The van der Waals surface area contributed by atoms with E-state index in [0.717, 1.165) is 45.1 Å². The molecule has 2 aromatic heterocycles. The van der Waals surface area contributed by atoms with Gasteiger partial charge in [0.05, 0.1) is 17.1 Å². The SMILES string of the molecule is CC(C)(C)c1ccc(N2c3cc(C(C)(C)C)cc4c3B(c3oc5c(C(C)(C)C)cc(C(C)(C)C)cc5c32)n2c3ccc(C(C)(C)C)cc3c3c(N(c5ccccc5)c5ccc(C(C)(C)C)cc5-c5ccccc5)ccc-4c32)cc1. The fraction of sp³-hybridized carbons (Fsp3) is 0.324. The lowest BCUT2D eigenvalue weighted by molar-refractivity contribution is 0.557. The molecule has 0 unspecified atom stereocenters. The van der Waals surface area contributed by atoms with E-state index in [-0.39, 0.29) is 39.3 Å². The molecule has 0 atom stereocenters. The summed E-state index contributed by atoms with van der Waals surface area (Å²) in [6.45, 7) is 41.8. The highest BCUT2D eigenvalue weighted by Gasteiger charge is 2.48. The lowest BCUT2D eigenvalue weighted by Gasteiger charge is -2.40. The second-order valence-electron chi connectivity index (χ2n) is 29.2. The van der Waals surface area contributed by atoms with E-state index < -0.39 is 0 Å². The van der Waals surface area contributed by atoms with Gasteiger partial charge in [-0.3, -0.25) is 0 Å². The number of benzene rings is 8. The Morgan fingerprint density at radius 2 is 0.962 bits per heavy atom. The Labute approximate surface area is 471 Å². The third kappa shape index (κ3) is 8.56. The Kier molecular flexibility index (Phi) is 11.7. The second kappa shape index (κ2) is 17.6. The van der Waals surface area contributed by atoms with Gasteiger partial charge in [-0.1, -0.05) is 216 Å².